The number of nitrogens with zero attached hydrogens (tertiary/aromatic N) is 2. The maximum absolute atomic E-state index is 4.12. The van der Waals surface area contributed by atoms with Crippen LogP contribution >= 0.6 is 23.5 Å². The van der Waals surface area contributed by atoms with Crippen molar-refractivity contribution in [2.24, 2.45) is 0 Å². The zero-order chi connectivity index (χ0) is 9.38. The Bertz CT molecular complexity index is 398. The van der Waals surface area contributed by atoms with E-state index in [1.54, 1.807) is 23.5 Å². The lowest BCUT2D eigenvalue weighted by atomic mass is 10.5. The van der Waals surface area contributed by atoms with Crippen LogP contribution < -0.4 is 0 Å². The third kappa shape index (κ3) is 1.31. The van der Waals surface area contributed by atoms with Crippen LogP contribution in [0.15, 0.2) is 56.5 Å². The van der Waals surface area contributed by atoms with Crippen LogP contribution in [0.5, 0.6) is 0 Å². The van der Waals surface area contributed by atoms with Crippen molar-refractivity contribution in [2.75, 3.05) is 0 Å². The van der Waals surface area contributed by atoms with Gasteiger partial charge >= 0.3 is 0 Å². The number of aromatic nitrogens is 2. The van der Waals surface area contributed by atoms with E-state index in [1.165, 1.54) is 19.6 Å². The van der Waals surface area contributed by atoms with Gasteiger partial charge in [-0.15, -0.1) is 0 Å². The van der Waals surface area contributed by atoms with E-state index >= 15 is 0 Å². The molecule has 0 saturated carbocycles. The van der Waals surface area contributed by atoms with Gasteiger partial charge in [0.05, 0.1) is 0 Å². The molecule has 1 aliphatic rings. The molecule has 0 atom stereocenters. The molecule has 14 heavy (non-hydrogen) atoms. The Morgan fingerprint density at radius 3 is 1.71 bits per heavy atom. The monoisotopic (exact) mass is 218 g/mol. The first-order valence-corrected chi connectivity index (χ1v) is 5.80. The predicted molar refractivity (Wildman–Crippen MR) is 56.7 cm³/mol. The van der Waals surface area contributed by atoms with Crippen LogP contribution in [0, 0.1) is 0 Å². The third-order valence-corrected chi connectivity index (χ3v) is 4.43. The highest BCUT2D eigenvalue weighted by Crippen LogP contribution is 2.47. The third-order valence-electron chi connectivity index (χ3n) is 1.93. The Morgan fingerprint density at radius 2 is 1.21 bits per heavy atom. The Balaban J connectivity index is 2.12. The molecule has 0 spiro atoms. The molecule has 0 unspecified atom stereocenters. The SMILES string of the molecule is c1cc2c(cn1)Sc1ccncc1S2. The van der Waals surface area contributed by atoms with Crippen LogP contribution in [0.1, 0.15) is 0 Å². The van der Waals surface area contributed by atoms with Gasteiger partial charge in [-0.05, 0) is 12.1 Å². The van der Waals surface area contributed by atoms with E-state index in [1.807, 2.05) is 36.9 Å². The highest BCUT2D eigenvalue weighted by Gasteiger charge is 2.15. The molecule has 0 amide bonds. The highest BCUT2D eigenvalue weighted by atomic mass is 32.2. The van der Waals surface area contributed by atoms with E-state index < -0.39 is 0 Å². The second-order valence-corrected chi connectivity index (χ2v) is 5.02. The van der Waals surface area contributed by atoms with Crippen LogP contribution in [0.4, 0.5) is 0 Å². The average Bonchev–Trinajstić information content (AvgIpc) is 2.26. The van der Waals surface area contributed by atoms with Gasteiger partial charge in [0.1, 0.15) is 0 Å². The molecule has 3 heterocycles. The molecule has 0 aliphatic carbocycles. The number of pyridine rings is 2. The summed E-state index contributed by atoms with van der Waals surface area (Å²) in [7, 11) is 0. The quantitative estimate of drug-likeness (QED) is 0.579. The van der Waals surface area contributed by atoms with Crippen molar-refractivity contribution in [3.8, 4) is 0 Å². The number of rotatable bonds is 0. The molecule has 2 aromatic rings. The fraction of sp³-hybridized carbons (Fsp3) is 0. The zero-order valence-corrected chi connectivity index (χ0v) is 8.81. The fourth-order valence-electron chi connectivity index (χ4n) is 1.29. The lowest BCUT2D eigenvalue weighted by molar-refractivity contribution is 1.07. The van der Waals surface area contributed by atoms with Crippen molar-refractivity contribution in [3.05, 3.63) is 36.9 Å². The van der Waals surface area contributed by atoms with Gasteiger partial charge in [-0.3, -0.25) is 9.97 Å². The van der Waals surface area contributed by atoms with Crippen molar-refractivity contribution in [1.29, 1.82) is 0 Å². The minimum absolute atomic E-state index is 1.23. The van der Waals surface area contributed by atoms with Crippen molar-refractivity contribution in [1.82, 2.24) is 9.97 Å². The highest BCUT2D eigenvalue weighted by molar-refractivity contribution is 8.05. The molecular weight excluding hydrogens is 212 g/mol. The van der Waals surface area contributed by atoms with Crippen LogP contribution in [-0.2, 0) is 0 Å². The summed E-state index contributed by atoms with van der Waals surface area (Å²) >= 11 is 3.52. The lowest BCUT2D eigenvalue weighted by Crippen LogP contribution is -1.90. The Morgan fingerprint density at radius 1 is 0.714 bits per heavy atom. The molecule has 0 N–H and O–H groups in total. The summed E-state index contributed by atoms with van der Waals surface area (Å²) in [6.45, 7) is 0. The summed E-state index contributed by atoms with van der Waals surface area (Å²) in [5, 5.41) is 0. The first-order chi connectivity index (χ1) is 6.93. The van der Waals surface area contributed by atoms with Gasteiger partial charge in [0.15, 0.2) is 0 Å². The first-order valence-electron chi connectivity index (χ1n) is 4.17. The molecule has 0 fully saturated rings. The second kappa shape index (κ2) is 3.29. The first kappa shape index (κ1) is 8.32. The number of hydrogen-bond donors (Lipinski definition) is 0. The molecule has 0 saturated heterocycles. The Labute approximate surface area is 90.2 Å². The molecule has 0 aromatic carbocycles. The van der Waals surface area contributed by atoms with Gasteiger partial charge in [-0.25, -0.2) is 0 Å². The minimum atomic E-state index is 1.23. The van der Waals surface area contributed by atoms with E-state index in [9.17, 15) is 0 Å². The van der Waals surface area contributed by atoms with Gasteiger partial charge in [0.2, 0.25) is 0 Å². The van der Waals surface area contributed by atoms with E-state index in [4.69, 9.17) is 0 Å². The van der Waals surface area contributed by atoms with Gasteiger partial charge < -0.3 is 0 Å². The summed E-state index contributed by atoms with van der Waals surface area (Å²) < 4.78 is 0. The zero-order valence-electron chi connectivity index (χ0n) is 7.18. The summed E-state index contributed by atoms with van der Waals surface area (Å²) in [6.07, 6.45) is 7.48. The molecule has 3 rings (SSSR count). The molecule has 4 heteroatoms. The topological polar surface area (TPSA) is 25.8 Å². The number of hydrogen-bond acceptors (Lipinski definition) is 4. The van der Waals surface area contributed by atoms with E-state index in [0.29, 0.717) is 0 Å². The Hall–Kier alpha value is -1.00. The molecule has 2 nitrogen and oxygen atoms in total. The van der Waals surface area contributed by atoms with Crippen LogP contribution in [-0.4, -0.2) is 9.97 Å². The second-order valence-electron chi connectivity index (χ2n) is 2.85. The standard InChI is InChI=1S/C10H6N2S2/c1-3-11-5-9-7(1)13-10-6-12-4-2-8(10)14-9/h1-6H. The van der Waals surface area contributed by atoms with Gasteiger partial charge in [0, 0.05) is 44.4 Å². The number of fused-ring (bicyclic) bond motifs is 2. The molecular formula is C10H6N2S2. The normalized spacial score (nSPS) is 13.1. The fourth-order valence-corrected chi connectivity index (χ4v) is 3.40. The van der Waals surface area contributed by atoms with Crippen molar-refractivity contribution in [2.45, 2.75) is 19.6 Å². The van der Waals surface area contributed by atoms with Crippen LogP contribution in [0.2, 0.25) is 0 Å². The smallest absolute Gasteiger partial charge is 0.0445 e. The molecule has 68 valence electrons. The largest absolute Gasteiger partial charge is 0.263 e. The molecule has 2 aromatic heterocycles. The van der Waals surface area contributed by atoms with Gasteiger partial charge in [0.25, 0.3) is 0 Å². The van der Waals surface area contributed by atoms with E-state index in [0.717, 1.165) is 0 Å². The summed E-state index contributed by atoms with van der Waals surface area (Å²) in [6, 6.07) is 4.09. The van der Waals surface area contributed by atoms with Gasteiger partial charge in [-0.2, -0.15) is 0 Å². The summed E-state index contributed by atoms with van der Waals surface area (Å²) in [5.41, 5.74) is 0. The molecule has 1 aliphatic heterocycles. The van der Waals surface area contributed by atoms with Crippen molar-refractivity contribution < 1.29 is 0 Å². The molecule has 0 radical (unpaired) electrons. The summed E-state index contributed by atoms with van der Waals surface area (Å²) in [5.74, 6) is 0. The average molecular weight is 218 g/mol. The van der Waals surface area contributed by atoms with Crippen molar-refractivity contribution in [3.63, 3.8) is 0 Å². The maximum atomic E-state index is 4.12. The van der Waals surface area contributed by atoms with Gasteiger partial charge in [-0.1, -0.05) is 23.5 Å². The minimum Gasteiger partial charge on any atom is -0.263 e. The van der Waals surface area contributed by atoms with Crippen LogP contribution in [0.3, 0.4) is 0 Å². The molecule has 0 bridgehead atoms. The van der Waals surface area contributed by atoms with Crippen molar-refractivity contribution >= 4 is 23.5 Å². The predicted octanol–water partition coefficient (Wildman–Crippen LogP) is 3.09. The van der Waals surface area contributed by atoms with E-state index in [-0.39, 0.29) is 0 Å². The Kier molecular flexibility index (Phi) is 1.96. The van der Waals surface area contributed by atoms with E-state index in [2.05, 4.69) is 9.97 Å². The maximum Gasteiger partial charge on any atom is 0.0445 e. The lowest BCUT2D eigenvalue weighted by Gasteiger charge is -2.16. The van der Waals surface area contributed by atoms with Crippen LogP contribution in [0.25, 0.3) is 0 Å². The summed E-state index contributed by atoms with van der Waals surface area (Å²) in [4.78, 5) is 13.2.